The number of benzene rings is 1. The number of ether oxygens (including phenoxy) is 2. The number of aromatic amines is 1. The second-order valence-corrected chi connectivity index (χ2v) is 10.2. The quantitative estimate of drug-likeness (QED) is 0.234. The molecule has 0 spiro atoms. The highest BCUT2D eigenvalue weighted by Crippen LogP contribution is 2.32. The first-order valence-electron chi connectivity index (χ1n) is 13.8. The van der Waals surface area contributed by atoms with E-state index in [2.05, 4.69) is 25.1 Å². The molecule has 11 nitrogen and oxygen atoms in total. The molecule has 1 aliphatic heterocycles. The number of hydrogen-bond donors (Lipinski definition) is 2. The molecule has 0 saturated carbocycles. The zero-order valence-electron chi connectivity index (χ0n) is 23.5. The van der Waals surface area contributed by atoms with Gasteiger partial charge < -0.3 is 24.3 Å². The number of halogens is 6. The number of nitrogens with zero attached hydrogens (tertiary/aromatic N) is 5. The van der Waals surface area contributed by atoms with Crippen molar-refractivity contribution in [3.8, 4) is 11.3 Å². The average molecular weight is 640 g/mol. The van der Waals surface area contributed by atoms with Crippen LogP contribution in [0.1, 0.15) is 18.4 Å². The number of anilines is 2. The maximum atomic E-state index is 15.2. The van der Waals surface area contributed by atoms with Gasteiger partial charge in [0.1, 0.15) is 17.2 Å². The molecule has 0 unspecified atom stereocenters. The van der Waals surface area contributed by atoms with Gasteiger partial charge in [-0.15, -0.1) is 0 Å². The number of alkyl halides is 5. The van der Waals surface area contributed by atoms with Crippen molar-refractivity contribution in [1.82, 2.24) is 24.7 Å². The van der Waals surface area contributed by atoms with E-state index in [9.17, 15) is 31.5 Å². The van der Waals surface area contributed by atoms with Crippen molar-refractivity contribution >= 4 is 22.3 Å². The van der Waals surface area contributed by atoms with Crippen LogP contribution in [0.5, 0.6) is 0 Å². The second-order valence-electron chi connectivity index (χ2n) is 10.2. The number of nitrogens with one attached hydrogen (secondary N) is 2. The van der Waals surface area contributed by atoms with Gasteiger partial charge in [0.2, 0.25) is 0 Å². The van der Waals surface area contributed by atoms with Gasteiger partial charge in [-0.2, -0.15) is 27.1 Å². The topological polar surface area (TPSA) is 127 Å². The lowest BCUT2D eigenvalue weighted by Gasteiger charge is -2.27. The molecule has 4 heterocycles. The first-order chi connectivity index (χ1) is 21.5. The lowest BCUT2D eigenvalue weighted by molar-refractivity contribution is -0.138. The molecule has 3 aromatic heterocycles. The van der Waals surface area contributed by atoms with Crippen molar-refractivity contribution in [3.63, 3.8) is 0 Å². The molecule has 240 valence electrons. The zero-order chi connectivity index (χ0) is 32.1. The zero-order valence-corrected chi connectivity index (χ0v) is 23.5. The van der Waals surface area contributed by atoms with Crippen LogP contribution in [0.3, 0.4) is 0 Å². The summed E-state index contributed by atoms with van der Waals surface area (Å²) in [6, 6.07) is 3.09. The number of fused-ring (bicyclic) bond motifs is 1. The van der Waals surface area contributed by atoms with Gasteiger partial charge in [-0.3, -0.25) is 14.6 Å². The van der Waals surface area contributed by atoms with Gasteiger partial charge in [-0.05, 0) is 36.4 Å². The Morgan fingerprint density at radius 2 is 1.87 bits per heavy atom. The first-order valence-corrected chi connectivity index (χ1v) is 13.8. The summed E-state index contributed by atoms with van der Waals surface area (Å²) >= 11 is 0. The SMILES string of the molecule is O=c1[nH]ncc(N[C@H](CCCn2ccc3cc(-c4cnc(N5CCOCC5)cn4)c(F)cc3c2=O)COC(F)F)c1C(F)(F)F. The van der Waals surface area contributed by atoms with E-state index < -0.39 is 53.6 Å². The fourth-order valence-corrected chi connectivity index (χ4v) is 5.00. The molecule has 1 fully saturated rings. The molecule has 1 saturated heterocycles. The smallest absolute Gasteiger partial charge is 0.378 e. The van der Waals surface area contributed by atoms with Crippen LogP contribution >= 0.6 is 0 Å². The Morgan fingerprint density at radius 3 is 2.56 bits per heavy atom. The summed E-state index contributed by atoms with van der Waals surface area (Å²) in [6.07, 6.45) is 0.248. The molecule has 1 aromatic carbocycles. The van der Waals surface area contributed by atoms with E-state index in [1.807, 2.05) is 4.90 Å². The molecule has 4 aromatic rings. The van der Waals surface area contributed by atoms with Crippen molar-refractivity contribution in [2.75, 3.05) is 43.1 Å². The number of pyridine rings is 1. The maximum absolute atomic E-state index is 15.2. The van der Waals surface area contributed by atoms with Crippen molar-refractivity contribution in [1.29, 1.82) is 0 Å². The van der Waals surface area contributed by atoms with E-state index in [1.54, 1.807) is 17.4 Å². The van der Waals surface area contributed by atoms with E-state index >= 15 is 4.39 Å². The van der Waals surface area contributed by atoms with Crippen molar-refractivity contribution < 1.29 is 35.8 Å². The largest absolute Gasteiger partial charge is 0.423 e. The van der Waals surface area contributed by atoms with Crippen LogP contribution in [0.15, 0.2) is 52.6 Å². The molecule has 1 aliphatic rings. The molecule has 0 radical (unpaired) electrons. The number of rotatable bonds is 11. The van der Waals surface area contributed by atoms with E-state index in [0.717, 1.165) is 12.3 Å². The summed E-state index contributed by atoms with van der Waals surface area (Å²) in [5, 5.41) is 7.98. The van der Waals surface area contributed by atoms with Crippen molar-refractivity contribution in [2.24, 2.45) is 0 Å². The van der Waals surface area contributed by atoms with Crippen LogP contribution in [0, 0.1) is 5.82 Å². The minimum absolute atomic E-state index is 0.0270. The predicted molar refractivity (Wildman–Crippen MR) is 151 cm³/mol. The molecule has 0 bridgehead atoms. The Labute approximate surface area is 250 Å². The summed E-state index contributed by atoms with van der Waals surface area (Å²) in [5.74, 6) is -0.0506. The summed E-state index contributed by atoms with van der Waals surface area (Å²) in [7, 11) is 0. The third-order valence-electron chi connectivity index (χ3n) is 7.19. The molecule has 0 aliphatic carbocycles. The van der Waals surface area contributed by atoms with Crippen LogP contribution in [0.25, 0.3) is 22.0 Å². The molecule has 5 rings (SSSR count). The Bertz CT molecular complexity index is 1740. The lowest BCUT2D eigenvalue weighted by Crippen LogP contribution is -2.36. The number of hydrogen-bond acceptors (Lipinski definition) is 9. The Balaban J connectivity index is 1.30. The molecule has 1 atom stereocenters. The normalized spacial score (nSPS) is 14.7. The maximum Gasteiger partial charge on any atom is 0.423 e. The summed E-state index contributed by atoms with van der Waals surface area (Å²) in [6.45, 7) is -1.39. The lowest BCUT2D eigenvalue weighted by atomic mass is 10.1. The monoisotopic (exact) mass is 639 g/mol. The van der Waals surface area contributed by atoms with E-state index in [1.165, 1.54) is 23.0 Å². The number of aryl methyl sites for hydroxylation is 1. The molecule has 2 N–H and O–H groups in total. The Kier molecular flexibility index (Phi) is 9.67. The Morgan fingerprint density at radius 1 is 1.09 bits per heavy atom. The second kappa shape index (κ2) is 13.6. The number of H-pyrrole nitrogens is 1. The van der Waals surface area contributed by atoms with Gasteiger partial charge in [0, 0.05) is 37.4 Å². The minimum atomic E-state index is -5.04. The molecule has 0 amide bonds. The molecule has 45 heavy (non-hydrogen) atoms. The van der Waals surface area contributed by atoms with Gasteiger partial charge in [0.05, 0.1) is 55.2 Å². The average Bonchev–Trinajstić information content (AvgIpc) is 3.01. The van der Waals surface area contributed by atoms with Crippen molar-refractivity contribution in [2.45, 2.75) is 38.2 Å². The highest BCUT2D eigenvalue weighted by Gasteiger charge is 2.37. The molecule has 17 heteroatoms. The van der Waals surface area contributed by atoms with Crippen LogP contribution in [0.4, 0.5) is 37.8 Å². The highest BCUT2D eigenvalue weighted by molar-refractivity contribution is 5.86. The summed E-state index contributed by atoms with van der Waals surface area (Å²) < 4.78 is 91.9. The fourth-order valence-electron chi connectivity index (χ4n) is 5.00. The first kappa shape index (κ1) is 31.9. The number of morpholine rings is 1. The standard InChI is InChI=1S/C28H27F6N7O4/c29-20-11-18-16(10-19(20)21-12-36-23(14-35-21)40-6-8-44-9-7-40)3-5-41(26(18)43)4-1-2-17(15-45-27(30)31)38-22-13-37-39-25(42)24(22)28(32,33)34/h3,5,10-14,17,27H,1-2,4,6-9,15H2,(H2,38,39,42)/t17-/m1/s1. The van der Waals surface area contributed by atoms with E-state index in [0.29, 0.717) is 37.5 Å². The predicted octanol–water partition coefficient (Wildman–Crippen LogP) is 4.04. The van der Waals surface area contributed by atoms with Gasteiger partial charge >= 0.3 is 12.8 Å². The fraction of sp³-hybridized carbons (Fsp3) is 0.393. The molecular weight excluding hydrogens is 612 g/mol. The summed E-state index contributed by atoms with van der Waals surface area (Å²) in [5.41, 5.74) is -3.87. The van der Waals surface area contributed by atoms with E-state index in [4.69, 9.17) is 4.74 Å². The van der Waals surface area contributed by atoms with Crippen LogP contribution in [-0.4, -0.2) is 70.3 Å². The van der Waals surface area contributed by atoms with Gasteiger partial charge in [0.25, 0.3) is 11.1 Å². The van der Waals surface area contributed by atoms with Gasteiger partial charge in [-0.25, -0.2) is 14.5 Å². The van der Waals surface area contributed by atoms with Gasteiger partial charge in [-0.1, -0.05) is 0 Å². The van der Waals surface area contributed by atoms with E-state index in [-0.39, 0.29) is 36.0 Å². The number of aromatic nitrogens is 5. The third-order valence-corrected chi connectivity index (χ3v) is 7.19. The summed E-state index contributed by atoms with van der Waals surface area (Å²) in [4.78, 5) is 35.7. The van der Waals surface area contributed by atoms with Crippen LogP contribution < -0.4 is 21.3 Å². The Hall–Kier alpha value is -4.51. The van der Waals surface area contributed by atoms with Gasteiger partial charge in [0.15, 0.2) is 0 Å². The van der Waals surface area contributed by atoms with Crippen molar-refractivity contribution in [3.05, 3.63) is 75.1 Å². The third kappa shape index (κ3) is 7.59. The highest BCUT2D eigenvalue weighted by atomic mass is 19.4. The van der Waals surface area contributed by atoms with Crippen LogP contribution in [0.2, 0.25) is 0 Å². The minimum Gasteiger partial charge on any atom is -0.378 e. The van der Waals surface area contributed by atoms with Crippen LogP contribution in [-0.2, 0) is 22.2 Å². The molecular formula is C28H27F6N7O4.